The number of hydrogen-bond acceptors (Lipinski definition) is 4. The summed E-state index contributed by atoms with van der Waals surface area (Å²) in [4.78, 5) is 21.0. The lowest BCUT2D eigenvalue weighted by molar-refractivity contribution is 0.252. The number of aromatic amines is 1. The highest BCUT2D eigenvalue weighted by Gasteiger charge is 2.06. The predicted octanol–water partition coefficient (Wildman–Crippen LogP) is 4.30. The first-order chi connectivity index (χ1) is 14.7. The minimum atomic E-state index is -0.303. The van der Waals surface area contributed by atoms with Crippen molar-refractivity contribution in [2.45, 2.75) is 19.3 Å². The number of carbonyl (C=O) groups is 1. The molecule has 0 aliphatic rings. The molecule has 0 saturated heterocycles. The molecule has 3 aromatic heterocycles. The third kappa shape index (κ3) is 4.96. The summed E-state index contributed by atoms with van der Waals surface area (Å²) in [6.45, 7) is 0.548. The van der Waals surface area contributed by atoms with Crippen molar-refractivity contribution in [2.24, 2.45) is 0 Å². The zero-order chi connectivity index (χ0) is 20.8. The van der Waals surface area contributed by atoms with Gasteiger partial charge in [-0.3, -0.25) is 15.4 Å². The number of halogens is 1. The van der Waals surface area contributed by atoms with E-state index < -0.39 is 0 Å². The maximum absolute atomic E-state index is 12.9. The van der Waals surface area contributed by atoms with Gasteiger partial charge >= 0.3 is 6.03 Å². The van der Waals surface area contributed by atoms with E-state index in [9.17, 15) is 9.18 Å². The number of nitrogens with one attached hydrogen (secondary N) is 3. The monoisotopic (exact) mass is 404 g/mol. The average molecular weight is 404 g/mol. The molecule has 0 bridgehead atoms. The fourth-order valence-electron chi connectivity index (χ4n) is 3.11. The Morgan fingerprint density at radius 1 is 1.00 bits per heavy atom. The lowest BCUT2D eigenvalue weighted by atomic mass is 10.1. The molecule has 0 unspecified atom stereocenters. The lowest BCUT2D eigenvalue weighted by Gasteiger charge is -2.08. The molecule has 0 spiro atoms. The van der Waals surface area contributed by atoms with Crippen molar-refractivity contribution in [1.82, 2.24) is 25.5 Å². The number of pyridine rings is 2. The number of amides is 2. The molecule has 0 aliphatic carbocycles. The van der Waals surface area contributed by atoms with Crippen LogP contribution in [0.15, 0.2) is 61.1 Å². The summed E-state index contributed by atoms with van der Waals surface area (Å²) in [5.74, 6) is 0.227. The van der Waals surface area contributed by atoms with Crippen molar-refractivity contribution in [3.63, 3.8) is 0 Å². The predicted molar refractivity (Wildman–Crippen MR) is 113 cm³/mol. The molecule has 30 heavy (non-hydrogen) atoms. The minimum absolute atomic E-state index is 0.229. The number of nitrogens with zero attached hydrogens (tertiary/aromatic N) is 3. The molecule has 8 heteroatoms. The van der Waals surface area contributed by atoms with Gasteiger partial charge in [0, 0.05) is 30.1 Å². The van der Waals surface area contributed by atoms with Crippen LogP contribution in [-0.2, 0) is 6.42 Å². The van der Waals surface area contributed by atoms with Crippen molar-refractivity contribution < 1.29 is 9.18 Å². The number of anilines is 1. The Bertz CT molecular complexity index is 1130. The fourth-order valence-corrected chi connectivity index (χ4v) is 3.11. The van der Waals surface area contributed by atoms with E-state index in [0.29, 0.717) is 17.9 Å². The van der Waals surface area contributed by atoms with Crippen LogP contribution in [0.5, 0.6) is 0 Å². The number of urea groups is 1. The summed E-state index contributed by atoms with van der Waals surface area (Å²) < 4.78 is 12.9. The number of carbonyl (C=O) groups excluding carboxylic acids is 1. The molecule has 152 valence electrons. The highest BCUT2D eigenvalue weighted by Crippen LogP contribution is 2.21. The summed E-state index contributed by atoms with van der Waals surface area (Å²) in [7, 11) is 0. The zero-order valence-electron chi connectivity index (χ0n) is 16.2. The Labute approximate surface area is 172 Å². The molecule has 0 fully saturated rings. The number of unbranched alkanes of at least 4 members (excludes halogenated alkanes) is 1. The van der Waals surface area contributed by atoms with Crippen molar-refractivity contribution in [3.8, 4) is 11.1 Å². The van der Waals surface area contributed by atoms with Gasteiger partial charge in [0.25, 0.3) is 0 Å². The van der Waals surface area contributed by atoms with Crippen LogP contribution in [0.25, 0.3) is 22.2 Å². The zero-order valence-corrected chi connectivity index (χ0v) is 16.2. The van der Waals surface area contributed by atoms with Gasteiger partial charge < -0.3 is 5.32 Å². The maximum atomic E-state index is 12.9. The van der Waals surface area contributed by atoms with Crippen LogP contribution in [-0.4, -0.2) is 32.7 Å². The number of hydrogen-bond donors (Lipinski definition) is 3. The second-order valence-corrected chi connectivity index (χ2v) is 6.91. The molecule has 0 radical (unpaired) electrons. The molecule has 7 nitrogen and oxygen atoms in total. The average Bonchev–Trinajstić information content (AvgIpc) is 3.29. The van der Waals surface area contributed by atoms with E-state index in [2.05, 4.69) is 30.8 Å². The Hall–Kier alpha value is -3.81. The van der Waals surface area contributed by atoms with Gasteiger partial charge in [-0.25, -0.2) is 14.2 Å². The molecule has 1 aromatic carbocycles. The summed E-state index contributed by atoms with van der Waals surface area (Å²) >= 11 is 0. The SMILES string of the molecule is O=C(NCCCCc1ccc(F)cc1)Nc1ccc2ncc(-c3cn[nH]c3)cc2n1. The molecule has 0 aliphatic heterocycles. The Morgan fingerprint density at radius 2 is 1.87 bits per heavy atom. The van der Waals surface area contributed by atoms with E-state index in [1.807, 2.05) is 12.1 Å². The first-order valence-electron chi connectivity index (χ1n) is 9.73. The van der Waals surface area contributed by atoms with E-state index in [-0.39, 0.29) is 11.8 Å². The Balaban J connectivity index is 1.27. The molecule has 4 aromatic rings. The van der Waals surface area contributed by atoms with Gasteiger partial charge in [0.1, 0.15) is 11.6 Å². The van der Waals surface area contributed by atoms with Crippen molar-refractivity contribution in [3.05, 3.63) is 72.4 Å². The van der Waals surface area contributed by atoms with Gasteiger partial charge in [-0.15, -0.1) is 0 Å². The first kappa shape index (κ1) is 19.5. The van der Waals surface area contributed by atoms with E-state index >= 15 is 0 Å². The van der Waals surface area contributed by atoms with Crippen molar-refractivity contribution in [2.75, 3.05) is 11.9 Å². The number of fused-ring (bicyclic) bond motifs is 1. The molecule has 2 amide bonds. The number of rotatable bonds is 7. The summed E-state index contributed by atoms with van der Waals surface area (Å²) in [6, 6.07) is 11.6. The smallest absolute Gasteiger partial charge is 0.320 e. The standard InChI is InChI=1S/C22H21FN6O/c23-18-6-4-15(5-7-18)3-1-2-10-24-22(30)29-21-9-8-19-20(28-21)11-16(12-25-19)17-13-26-27-14-17/h4-9,11-14H,1-3,10H2,(H,26,27)(H2,24,28,29,30). The molecule has 0 saturated carbocycles. The van der Waals surface area contributed by atoms with Crippen molar-refractivity contribution in [1.29, 1.82) is 0 Å². The van der Waals surface area contributed by atoms with Crippen molar-refractivity contribution >= 4 is 22.9 Å². The van der Waals surface area contributed by atoms with E-state index in [4.69, 9.17) is 0 Å². The van der Waals surface area contributed by atoms with Gasteiger partial charge in [0.15, 0.2) is 0 Å². The second-order valence-electron chi connectivity index (χ2n) is 6.91. The van der Waals surface area contributed by atoms with Crippen LogP contribution >= 0.6 is 0 Å². The largest absolute Gasteiger partial charge is 0.338 e. The number of aryl methyl sites for hydroxylation is 1. The molecular formula is C22H21FN6O. The van der Waals surface area contributed by atoms with Gasteiger partial charge in [-0.05, 0) is 55.2 Å². The summed E-state index contributed by atoms with van der Waals surface area (Å²) in [6.07, 6.45) is 7.85. The molecule has 3 N–H and O–H groups in total. The fraction of sp³-hybridized carbons (Fsp3) is 0.182. The molecule has 0 atom stereocenters. The van der Waals surface area contributed by atoms with Crippen LogP contribution in [0.4, 0.5) is 15.0 Å². The van der Waals surface area contributed by atoms with Crippen LogP contribution in [0.3, 0.4) is 0 Å². The van der Waals surface area contributed by atoms with E-state index in [0.717, 1.165) is 41.5 Å². The Morgan fingerprint density at radius 3 is 2.67 bits per heavy atom. The van der Waals surface area contributed by atoms with Crippen LogP contribution in [0, 0.1) is 5.82 Å². The van der Waals surface area contributed by atoms with Crippen LogP contribution in [0.2, 0.25) is 0 Å². The highest BCUT2D eigenvalue weighted by atomic mass is 19.1. The van der Waals surface area contributed by atoms with Crippen LogP contribution in [0.1, 0.15) is 18.4 Å². The summed E-state index contributed by atoms with van der Waals surface area (Å²) in [5, 5.41) is 12.3. The minimum Gasteiger partial charge on any atom is -0.338 e. The molecule has 4 rings (SSSR count). The van der Waals surface area contributed by atoms with E-state index in [1.54, 1.807) is 36.8 Å². The van der Waals surface area contributed by atoms with Gasteiger partial charge in [-0.1, -0.05) is 12.1 Å². The lowest BCUT2D eigenvalue weighted by Crippen LogP contribution is -2.29. The number of aromatic nitrogens is 4. The molecular weight excluding hydrogens is 383 g/mol. The quantitative estimate of drug-likeness (QED) is 0.400. The number of H-pyrrole nitrogens is 1. The third-order valence-electron chi connectivity index (χ3n) is 4.70. The van der Waals surface area contributed by atoms with E-state index in [1.165, 1.54) is 12.1 Å². The topological polar surface area (TPSA) is 95.6 Å². The maximum Gasteiger partial charge on any atom is 0.320 e. The van der Waals surface area contributed by atoms with Crippen LogP contribution < -0.4 is 10.6 Å². The van der Waals surface area contributed by atoms with Gasteiger partial charge in [0.2, 0.25) is 0 Å². The highest BCUT2D eigenvalue weighted by molar-refractivity contribution is 5.90. The first-order valence-corrected chi connectivity index (χ1v) is 9.73. The number of benzene rings is 1. The summed E-state index contributed by atoms with van der Waals surface area (Å²) in [5.41, 5.74) is 4.33. The Kier molecular flexibility index (Phi) is 5.93. The van der Waals surface area contributed by atoms with Gasteiger partial charge in [-0.2, -0.15) is 5.10 Å². The second kappa shape index (κ2) is 9.13. The van der Waals surface area contributed by atoms with Gasteiger partial charge in [0.05, 0.1) is 17.2 Å². The normalized spacial score (nSPS) is 10.8. The molecule has 3 heterocycles. The third-order valence-corrected chi connectivity index (χ3v) is 4.70.